The zero-order valence-corrected chi connectivity index (χ0v) is 18.9. The number of fused-ring (bicyclic) bond motifs is 1. The summed E-state index contributed by atoms with van der Waals surface area (Å²) in [6.07, 6.45) is 1.18. The number of hydrogen-bond acceptors (Lipinski definition) is 7. The number of sulfone groups is 1. The van der Waals surface area contributed by atoms with Crippen LogP contribution in [0.25, 0.3) is 10.9 Å². The number of amides is 1. The van der Waals surface area contributed by atoms with Crippen molar-refractivity contribution in [2.45, 2.75) is 31.2 Å². The molecule has 0 bridgehead atoms. The van der Waals surface area contributed by atoms with E-state index >= 15 is 0 Å². The van der Waals surface area contributed by atoms with Gasteiger partial charge >= 0.3 is 0 Å². The summed E-state index contributed by atoms with van der Waals surface area (Å²) in [5.74, 6) is 0.512. The van der Waals surface area contributed by atoms with Crippen molar-refractivity contribution in [2.75, 3.05) is 11.6 Å². The van der Waals surface area contributed by atoms with Gasteiger partial charge in [0.15, 0.2) is 15.5 Å². The Morgan fingerprint density at radius 3 is 2.48 bits per heavy atom. The molecular formula is C21H21N5O3S2. The maximum Gasteiger partial charge on any atom is 0.278 e. The fraction of sp³-hybridized carbons (Fsp3) is 0.238. The van der Waals surface area contributed by atoms with Gasteiger partial charge in [-0.25, -0.2) is 13.4 Å². The van der Waals surface area contributed by atoms with E-state index in [2.05, 4.69) is 19.8 Å². The Morgan fingerprint density at radius 1 is 1.13 bits per heavy atom. The number of anilines is 1. The van der Waals surface area contributed by atoms with Gasteiger partial charge in [-0.2, -0.15) is 9.47 Å². The van der Waals surface area contributed by atoms with Gasteiger partial charge in [0.1, 0.15) is 5.82 Å². The van der Waals surface area contributed by atoms with Gasteiger partial charge in [0, 0.05) is 29.1 Å². The maximum atomic E-state index is 12.9. The Bertz CT molecular complexity index is 1360. The highest BCUT2D eigenvalue weighted by atomic mass is 32.2. The van der Waals surface area contributed by atoms with E-state index in [0.717, 1.165) is 28.0 Å². The predicted octanol–water partition coefficient (Wildman–Crippen LogP) is 3.72. The van der Waals surface area contributed by atoms with Gasteiger partial charge in [-0.15, -0.1) is 0 Å². The maximum absolute atomic E-state index is 12.9. The number of para-hydroxylation sites is 1. The molecule has 0 aliphatic rings. The zero-order chi connectivity index (χ0) is 22.2. The fourth-order valence-corrected chi connectivity index (χ4v) is 4.44. The van der Waals surface area contributed by atoms with Crippen LogP contribution < -0.4 is 5.32 Å². The van der Waals surface area contributed by atoms with Gasteiger partial charge in [0.2, 0.25) is 5.13 Å². The molecular weight excluding hydrogens is 434 g/mol. The van der Waals surface area contributed by atoms with E-state index in [9.17, 15) is 13.2 Å². The highest BCUT2D eigenvalue weighted by Gasteiger charge is 2.19. The van der Waals surface area contributed by atoms with Crippen LogP contribution in [0.2, 0.25) is 0 Å². The summed E-state index contributed by atoms with van der Waals surface area (Å²) in [5, 5.41) is 8.48. The van der Waals surface area contributed by atoms with Crippen LogP contribution in [0.5, 0.6) is 0 Å². The molecule has 2 heterocycles. The van der Waals surface area contributed by atoms with E-state index in [1.807, 2.05) is 38.1 Å². The molecule has 1 amide bonds. The van der Waals surface area contributed by atoms with Gasteiger partial charge in [0.25, 0.3) is 5.91 Å². The molecule has 0 saturated carbocycles. The van der Waals surface area contributed by atoms with Crippen LogP contribution in [0.3, 0.4) is 0 Å². The van der Waals surface area contributed by atoms with E-state index in [4.69, 9.17) is 0 Å². The number of nitrogens with zero attached hydrogens (tertiary/aromatic N) is 4. The van der Waals surface area contributed by atoms with Gasteiger partial charge < -0.3 is 0 Å². The minimum absolute atomic E-state index is 0.177. The normalized spacial score (nSPS) is 11.9. The lowest BCUT2D eigenvalue weighted by Crippen LogP contribution is -2.14. The highest BCUT2D eigenvalue weighted by molar-refractivity contribution is 7.90. The number of aromatic nitrogens is 4. The van der Waals surface area contributed by atoms with Crippen molar-refractivity contribution in [1.29, 1.82) is 0 Å². The summed E-state index contributed by atoms with van der Waals surface area (Å²) in [5.41, 5.74) is 1.97. The SMILES string of the molecule is CC(C)c1nsc(NC(=O)c2nn(Cc3ccc(S(C)(=O)=O)cc3)c3ccccc23)n1. The molecule has 1 N–H and O–H groups in total. The first-order chi connectivity index (χ1) is 14.7. The van der Waals surface area contributed by atoms with Crippen molar-refractivity contribution >= 4 is 43.3 Å². The molecule has 8 nitrogen and oxygen atoms in total. The highest BCUT2D eigenvalue weighted by Crippen LogP contribution is 2.23. The minimum Gasteiger partial charge on any atom is -0.295 e. The first-order valence-electron chi connectivity index (χ1n) is 9.62. The van der Waals surface area contributed by atoms with Crippen molar-refractivity contribution in [3.05, 3.63) is 65.6 Å². The zero-order valence-electron chi connectivity index (χ0n) is 17.2. The number of carbonyl (C=O) groups excluding carboxylic acids is 1. The second-order valence-corrected chi connectivity index (χ2v) is 10.3. The monoisotopic (exact) mass is 455 g/mol. The molecule has 10 heteroatoms. The molecule has 0 aliphatic carbocycles. The molecule has 0 aliphatic heterocycles. The van der Waals surface area contributed by atoms with E-state index in [1.165, 1.54) is 6.26 Å². The molecule has 0 saturated heterocycles. The number of rotatable bonds is 6. The van der Waals surface area contributed by atoms with Crippen LogP contribution in [-0.2, 0) is 16.4 Å². The van der Waals surface area contributed by atoms with Crippen LogP contribution in [0.15, 0.2) is 53.4 Å². The molecule has 0 radical (unpaired) electrons. The minimum atomic E-state index is -3.25. The Morgan fingerprint density at radius 2 is 1.84 bits per heavy atom. The van der Waals surface area contributed by atoms with Crippen LogP contribution in [0, 0.1) is 0 Å². The van der Waals surface area contributed by atoms with Gasteiger partial charge in [-0.05, 0) is 23.8 Å². The van der Waals surface area contributed by atoms with Crippen LogP contribution >= 0.6 is 11.5 Å². The number of nitrogens with one attached hydrogen (secondary N) is 1. The summed E-state index contributed by atoms with van der Waals surface area (Å²) in [4.78, 5) is 17.5. The molecule has 0 atom stereocenters. The Balaban J connectivity index is 1.63. The standard InChI is InChI=1S/C21H21N5O3S2/c1-13(2)19-22-21(30-25-19)23-20(27)18-16-6-4-5-7-17(16)26(24-18)12-14-8-10-15(11-9-14)31(3,28)29/h4-11,13H,12H2,1-3H3,(H,22,23,25,27). The summed E-state index contributed by atoms with van der Waals surface area (Å²) < 4.78 is 29.3. The Hall–Kier alpha value is -3.11. The van der Waals surface area contributed by atoms with E-state index in [-0.39, 0.29) is 16.7 Å². The third kappa shape index (κ3) is 4.49. The van der Waals surface area contributed by atoms with Crippen molar-refractivity contribution in [3.8, 4) is 0 Å². The first-order valence-corrected chi connectivity index (χ1v) is 12.3. The van der Waals surface area contributed by atoms with Crippen LogP contribution in [-0.4, -0.2) is 39.7 Å². The molecule has 2 aromatic heterocycles. The van der Waals surface area contributed by atoms with Crippen molar-refractivity contribution in [1.82, 2.24) is 19.1 Å². The molecule has 2 aromatic carbocycles. The Labute approximate surface area is 184 Å². The lowest BCUT2D eigenvalue weighted by atomic mass is 10.2. The quantitative estimate of drug-likeness (QED) is 0.475. The lowest BCUT2D eigenvalue weighted by molar-refractivity contribution is 0.102. The van der Waals surface area contributed by atoms with Crippen molar-refractivity contribution in [3.63, 3.8) is 0 Å². The molecule has 0 unspecified atom stereocenters. The fourth-order valence-electron chi connectivity index (χ4n) is 3.11. The van der Waals surface area contributed by atoms with E-state index in [0.29, 0.717) is 23.2 Å². The molecule has 4 rings (SSSR count). The third-order valence-corrected chi connectivity index (χ3v) is 6.51. The number of benzene rings is 2. The topological polar surface area (TPSA) is 107 Å². The van der Waals surface area contributed by atoms with Gasteiger partial charge in [-0.1, -0.05) is 44.2 Å². The smallest absolute Gasteiger partial charge is 0.278 e. The molecule has 0 fully saturated rings. The lowest BCUT2D eigenvalue weighted by Gasteiger charge is -2.05. The van der Waals surface area contributed by atoms with Crippen LogP contribution in [0.1, 0.15) is 41.6 Å². The van der Waals surface area contributed by atoms with Crippen molar-refractivity contribution in [2.24, 2.45) is 0 Å². The molecule has 4 aromatic rings. The average Bonchev–Trinajstić information content (AvgIpc) is 3.33. The summed E-state index contributed by atoms with van der Waals surface area (Å²) in [6.45, 7) is 4.38. The van der Waals surface area contributed by atoms with E-state index < -0.39 is 9.84 Å². The van der Waals surface area contributed by atoms with Crippen LogP contribution in [0.4, 0.5) is 5.13 Å². The van der Waals surface area contributed by atoms with Gasteiger partial charge in [-0.3, -0.25) is 14.8 Å². The predicted molar refractivity (Wildman–Crippen MR) is 120 cm³/mol. The largest absolute Gasteiger partial charge is 0.295 e. The number of hydrogen-bond donors (Lipinski definition) is 1. The third-order valence-electron chi connectivity index (χ3n) is 4.74. The first kappa shape index (κ1) is 21.1. The second kappa shape index (κ2) is 8.20. The summed E-state index contributed by atoms with van der Waals surface area (Å²) in [6, 6.07) is 14.1. The Kier molecular flexibility index (Phi) is 5.59. The molecule has 160 valence electrons. The molecule has 31 heavy (non-hydrogen) atoms. The summed E-state index contributed by atoms with van der Waals surface area (Å²) >= 11 is 1.14. The van der Waals surface area contributed by atoms with E-state index in [1.54, 1.807) is 28.9 Å². The molecule has 0 spiro atoms. The van der Waals surface area contributed by atoms with Crippen molar-refractivity contribution < 1.29 is 13.2 Å². The van der Waals surface area contributed by atoms with Gasteiger partial charge in [0.05, 0.1) is 17.0 Å². The number of carbonyl (C=O) groups is 1. The second-order valence-electron chi connectivity index (χ2n) is 7.51. The average molecular weight is 456 g/mol. The summed E-state index contributed by atoms with van der Waals surface area (Å²) in [7, 11) is -3.25.